The second-order valence-electron chi connectivity index (χ2n) is 4.37. The molecule has 0 spiro atoms. The molecule has 1 unspecified atom stereocenters. The number of benzene rings is 1. The number of rotatable bonds is 6. The number of aryl methyl sites for hydroxylation is 1. The maximum Gasteiger partial charge on any atom is 0.266 e. The predicted molar refractivity (Wildman–Crippen MR) is 86.2 cm³/mol. The van der Waals surface area contributed by atoms with Crippen molar-refractivity contribution in [1.29, 1.82) is 0 Å². The Morgan fingerprint density at radius 1 is 1.38 bits per heavy atom. The van der Waals surface area contributed by atoms with Crippen molar-refractivity contribution in [3.8, 4) is 5.75 Å². The van der Waals surface area contributed by atoms with Crippen LogP contribution in [0.2, 0.25) is 0 Å². The Morgan fingerprint density at radius 2 is 2.10 bits per heavy atom. The van der Waals surface area contributed by atoms with Crippen molar-refractivity contribution < 1.29 is 9.53 Å². The maximum absolute atomic E-state index is 12.0. The fourth-order valence-corrected chi connectivity index (χ4v) is 3.18. The summed E-state index contributed by atoms with van der Waals surface area (Å²) in [5, 5.41) is 11.1. The van der Waals surface area contributed by atoms with Gasteiger partial charge in [-0.05, 0) is 31.7 Å². The van der Waals surface area contributed by atoms with Crippen molar-refractivity contribution in [1.82, 2.24) is 10.2 Å². The van der Waals surface area contributed by atoms with Gasteiger partial charge < -0.3 is 4.74 Å². The van der Waals surface area contributed by atoms with Crippen LogP contribution in [0.5, 0.6) is 5.75 Å². The summed E-state index contributed by atoms with van der Waals surface area (Å²) in [6, 6.07) is 7.58. The average molecular weight is 323 g/mol. The minimum Gasteiger partial charge on any atom is -0.481 e. The van der Waals surface area contributed by atoms with E-state index >= 15 is 0 Å². The Bertz CT molecular complexity index is 599. The molecule has 1 amide bonds. The third-order valence-corrected chi connectivity index (χ3v) is 4.46. The van der Waals surface area contributed by atoms with Crippen molar-refractivity contribution in [2.45, 2.75) is 31.2 Å². The highest BCUT2D eigenvalue weighted by Crippen LogP contribution is 2.25. The fourth-order valence-electron chi connectivity index (χ4n) is 1.52. The summed E-state index contributed by atoms with van der Waals surface area (Å²) in [4.78, 5) is 12.0. The molecule has 112 valence electrons. The van der Waals surface area contributed by atoms with Gasteiger partial charge in [0.15, 0.2) is 10.4 Å². The van der Waals surface area contributed by atoms with Crippen LogP contribution in [-0.2, 0) is 4.79 Å². The molecule has 7 heteroatoms. The first-order valence-electron chi connectivity index (χ1n) is 6.59. The Morgan fingerprint density at radius 3 is 2.76 bits per heavy atom. The molecule has 1 heterocycles. The van der Waals surface area contributed by atoms with Gasteiger partial charge in [-0.1, -0.05) is 47.7 Å². The lowest BCUT2D eigenvalue weighted by molar-refractivity contribution is -0.122. The molecule has 2 rings (SSSR count). The van der Waals surface area contributed by atoms with Crippen molar-refractivity contribution in [2.75, 3.05) is 11.1 Å². The number of nitrogens with one attached hydrogen (secondary N) is 1. The van der Waals surface area contributed by atoms with Gasteiger partial charge in [0.1, 0.15) is 5.75 Å². The summed E-state index contributed by atoms with van der Waals surface area (Å²) in [6.07, 6.45) is -0.598. The van der Waals surface area contributed by atoms with Crippen LogP contribution in [0.1, 0.15) is 19.4 Å². The number of thioether (sulfide) groups is 1. The van der Waals surface area contributed by atoms with Gasteiger partial charge in [-0.25, -0.2) is 0 Å². The SMILES string of the molecule is CCSc1nnc(NC(=O)C(C)Oc2ccc(C)cc2)s1. The van der Waals surface area contributed by atoms with Crippen molar-refractivity contribution >= 4 is 34.1 Å². The van der Waals surface area contributed by atoms with Gasteiger partial charge in [0.25, 0.3) is 5.91 Å². The molecular formula is C14H17N3O2S2. The minimum atomic E-state index is -0.598. The van der Waals surface area contributed by atoms with E-state index < -0.39 is 6.10 Å². The molecule has 1 aromatic heterocycles. The smallest absolute Gasteiger partial charge is 0.266 e. The van der Waals surface area contributed by atoms with E-state index in [2.05, 4.69) is 15.5 Å². The molecule has 0 aliphatic carbocycles. The minimum absolute atomic E-state index is 0.236. The van der Waals surface area contributed by atoms with E-state index in [1.165, 1.54) is 11.3 Å². The van der Waals surface area contributed by atoms with E-state index in [1.54, 1.807) is 18.7 Å². The topological polar surface area (TPSA) is 64.1 Å². The van der Waals surface area contributed by atoms with Crippen LogP contribution in [0.15, 0.2) is 28.6 Å². The van der Waals surface area contributed by atoms with E-state index in [0.29, 0.717) is 10.9 Å². The van der Waals surface area contributed by atoms with E-state index in [-0.39, 0.29) is 5.91 Å². The molecule has 0 aliphatic rings. The predicted octanol–water partition coefficient (Wildman–Crippen LogP) is 3.36. The monoisotopic (exact) mass is 323 g/mol. The highest BCUT2D eigenvalue weighted by atomic mass is 32.2. The molecule has 5 nitrogen and oxygen atoms in total. The molecule has 0 bridgehead atoms. The average Bonchev–Trinajstić information content (AvgIpc) is 2.89. The Kier molecular flexibility index (Phi) is 5.58. The van der Waals surface area contributed by atoms with Crippen LogP contribution in [0.25, 0.3) is 0 Å². The van der Waals surface area contributed by atoms with Crippen LogP contribution in [0.3, 0.4) is 0 Å². The van der Waals surface area contributed by atoms with Gasteiger partial charge in [-0.15, -0.1) is 10.2 Å². The summed E-state index contributed by atoms with van der Waals surface area (Å²) in [5.41, 5.74) is 1.15. The quantitative estimate of drug-likeness (QED) is 0.652. The number of carbonyl (C=O) groups excluding carboxylic acids is 1. The second kappa shape index (κ2) is 7.42. The first-order valence-corrected chi connectivity index (χ1v) is 8.39. The van der Waals surface area contributed by atoms with E-state index in [1.807, 2.05) is 38.1 Å². The highest BCUT2D eigenvalue weighted by Gasteiger charge is 2.17. The van der Waals surface area contributed by atoms with Crippen LogP contribution in [-0.4, -0.2) is 28.0 Å². The zero-order chi connectivity index (χ0) is 15.2. The van der Waals surface area contributed by atoms with Crippen molar-refractivity contribution in [3.63, 3.8) is 0 Å². The fraction of sp³-hybridized carbons (Fsp3) is 0.357. The molecule has 0 aliphatic heterocycles. The van der Waals surface area contributed by atoms with Crippen molar-refractivity contribution in [2.24, 2.45) is 0 Å². The van der Waals surface area contributed by atoms with E-state index in [4.69, 9.17) is 4.74 Å². The molecule has 0 fully saturated rings. The number of carbonyl (C=O) groups is 1. The van der Waals surface area contributed by atoms with Gasteiger partial charge in [-0.3, -0.25) is 10.1 Å². The molecule has 0 saturated heterocycles. The summed E-state index contributed by atoms with van der Waals surface area (Å²) >= 11 is 2.96. The standard InChI is InChI=1S/C14H17N3O2S2/c1-4-20-14-17-16-13(21-14)15-12(18)10(3)19-11-7-5-9(2)6-8-11/h5-8,10H,4H2,1-3H3,(H,15,16,18). The third-order valence-electron chi connectivity index (χ3n) is 2.61. The van der Waals surface area contributed by atoms with Gasteiger partial charge in [-0.2, -0.15) is 0 Å². The van der Waals surface area contributed by atoms with Gasteiger partial charge in [0.2, 0.25) is 5.13 Å². The Balaban J connectivity index is 1.90. The van der Waals surface area contributed by atoms with Crippen LogP contribution >= 0.6 is 23.1 Å². The summed E-state index contributed by atoms with van der Waals surface area (Å²) in [5.74, 6) is 1.36. The summed E-state index contributed by atoms with van der Waals surface area (Å²) in [6.45, 7) is 5.75. The number of amides is 1. The molecule has 0 radical (unpaired) electrons. The van der Waals surface area contributed by atoms with Crippen LogP contribution in [0.4, 0.5) is 5.13 Å². The number of anilines is 1. The Labute approximate surface area is 132 Å². The van der Waals surface area contributed by atoms with Crippen molar-refractivity contribution in [3.05, 3.63) is 29.8 Å². The molecule has 1 N–H and O–H groups in total. The zero-order valence-electron chi connectivity index (χ0n) is 12.1. The van der Waals surface area contributed by atoms with Crippen LogP contribution in [0, 0.1) is 6.92 Å². The molecule has 1 atom stereocenters. The first kappa shape index (κ1) is 15.8. The Hall–Kier alpha value is -1.60. The lowest BCUT2D eigenvalue weighted by Gasteiger charge is -2.13. The summed E-state index contributed by atoms with van der Waals surface area (Å²) < 4.78 is 6.44. The highest BCUT2D eigenvalue weighted by molar-refractivity contribution is 8.01. The number of aromatic nitrogens is 2. The van der Waals surface area contributed by atoms with Crippen LogP contribution < -0.4 is 10.1 Å². The molecule has 1 aromatic carbocycles. The van der Waals surface area contributed by atoms with E-state index in [9.17, 15) is 4.79 Å². The second-order valence-corrected chi connectivity index (χ2v) is 6.86. The van der Waals surface area contributed by atoms with Gasteiger partial charge in [0, 0.05) is 0 Å². The lowest BCUT2D eigenvalue weighted by Crippen LogP contribution is -2.30. The number of hydrogen-bond donors (Lipinski definition) is 1. The lowest BCUT2D eigenvalue weighted by atomic mass is 10.2. The number of ether oxygens (including phenoxy) is 1. The normalized spacial score (nSPS) is 12.0. The molecular weight excluding hydrogens is 306 g/mol. The zero-order valence-corrected chi connectivity index (χ0v) is 13.8. The summed E-state index contributed by atoms with van der Waals surface area (Å²) in [7, 11) is 0. The molecule has 21 heavy (non-hydrogen) atoms. The molecule has 0 saturated carbocycles. The number of hydrogen-bond acceptors (Lipinski definition) is 6. The van der Waals surface area contributed by atoms with E-state index in [0.717, 1.165) is 15.7 Å². The maximum atomic E-state index is 12.0. The first-order chi connectivity index (χ1) is 10.1. The van der Waals surface area contributed by atoms with Gasteiger partial charge in [0.05, 0.1) is 0 Å². The molecule has 2 aromatic rings. The largest absolute Gasteiger partial charge is 0.481 e. The third kappa shape index (κ3) is 4.71. The van der Waals surface area contributed by atoms with Gasteiger partial charge >= 0.3 is 0 Å². The number of nitrogens with zero attached hydrogens (tertiary/aromatic N) is 2.